The highest BCUT2D eigenvalue weighted by Crippen LogP contribution is 2.21. The molecule has 0 bridgehead atoms. The average molecular weight is 353 g/mol. The summed E-state index contributed by atoms with van der Waals surface area (Å²) in [6, 6.07) is 6.85. The Kier molecular flexibility index (Phi) is 6.77. The van der Waals surface area contributed by atoms with Crippen LogP contribution in [0.5, 0.6) is 0 Å². The minimum absolute atomic E-state index is 0.0101. The van der Waals surface area contributed by atoms with Crippen molar-refractivity contribution in [1.29, 1.82) is 0 Å². The number of hydrogen-bond acceptors (Lipinski definition) is 4. The number of carbonyl (C=O) groups excluding carboxylic acids is 1. The van der Waals surface area contributed by atoms with Gasteiger partial charge in [-0.15, -0.1) is 0 Å². The van der Waals surface area contributed by atoms with E-state index in [-0.39, 0.29) is 11.8 Å². The van der Waals surface area contributed by atoms with Gasteiger partial charge in [-0.3, -0.25) is 4.79 Å². The van der Waals surface area contributed by atoms with Gasteiger partial charge in [-0.05, 0) is 49.4 Å². The molecule has 1 saturated heterocycles. The predicted octanol–water partition coefficient (Wildman–Crippen LogP) is 1.11. The summed E-state index contributed by atoms with van der Waals surface area (Å²) in [4.78, 5) is 12.1. The molecular weight excluding hydrogens is 326 g/mol. The Hall–Kier alpha value is -1.44. The fourth-order valence-corrected chi connectivity index (χ4v) is 4.14. The summed E-state index contributed by atoms with van der Waals surface area (Å²) in [6.45, 7) is 4.33. The molecule has 1 aliphatic heterocycles. The van der Waals surface area contributed by atoms with Crippen LogP contribution >= 0.6 is 0 Å². The van der Waals surface area contributed by atoms with E-state index in [0.717, 1.165) is 18.4 Å². The summed E-state index contributed by atoms with van der Waals surface area (Å²) in [5, 5.41) is 2.85. The lowest BCUT2D eigenvalue weighted by atomic mass is 10.1. The Morgan fingerprint density at radius 3 is 2.46 bits per heavy atom. The average Bonchev–Trinajstić information content (AvgIpc) is 3.13. The monoisotopic (exact) mass is 353 g/mol. The Morgan fingerprint density at radius 2 is 1.88 bits per heavy atom. The Labute approximate surface area is 144 Å². The first-order valence-corrected chi connectivity index (χ1v) is 9.93. The molecule has 0 aliphatic carbocycles. The molecule has 1 aliphatic rings. The highest BCUT2D eigenvalue weighted by atomic mass is 32.2. The first kappa shape index (κ1) is 18.9. The smallest absolute Gasteiger partial charge is 0.243 e. The fraction of sp³-hybridized carbons (Fsp3) is 0.588. The molecule has 0 aromatic heterocycles. The molecule has 1 fully saturated rings. The number of aryl methyl sites for hydroxylation is 1. The number of amides is 1. The van der Waals surface area contributed by atoms with Gasteiger partial charge in [0.1, 0.15) is 0 Å². The molecule has 1 aromatic carbocycles. The molecule has 1 atom stereocenters. The van der Waals surface area contributed by atoms with Crippen LogP contribution in [0.15, 0.2) is 29.2 Å². The van der Waals surface area contributed by atoms with Gasteiger partial charge >= 0.3 is 0 Å². The van der Waals surface area contributed by atoms with Crippen molar-refractivity contribution in [2.24, 2.45) is 11.7 Å². The summed E-state index contributed by atoms with van der Waals surface area (Å²) >= 11 is 0. The first-order chi connectivity index (χ1) is 11.4. The van der Waals surface area contributed by atoms with Gasteiger partial charge in [0.2, 0.25) is 15.9 Å². The maximum absolute atomic E-state index is 12.4. The summed E-state index contributed by atoms with van der Waals surface area (Å²) in [6.07, 6.45) is 2.83. The van der Waals surface area contributed by atoms with Crippen LogP contribution < -0.4 is 11.1 Å². The van der Waals surface area contributed by atoms with Crippen LogP contribution in [-0.4, -0.2) is 44.8 Å². The van der Waals surface area contributed by atoms with Crippen LogP contribution in [0.4, 0.5) is 0 Å². The lowest BCUT2D eigenvalue weighted by Crippen LogP contribution is -2.31. The third-order valence-electron chi connectivity index (χ3n) is 4.32. The second kappa shape index (κ2) is 8.60. The molecule has 0 spiro atoms. The van der Waals surface area contributed by atoms with Crippen molar-refractivity contribution in [2.45, 2.75) is 37.5 Å². The Bertz CT molecular complexity index is 638. The van der Waals surface area contributed by atoms with Crippen molar-refractivity contribution in [3.63, 3.8) is 0 Å². The zero-order valence-electron chi connectivity index (χ0n) is 14.2. The van der Waals surface area contributed by atoms with Crippen molar-refractivity contribution in [3.05, 3.63) is 29.8 Å². The van der Waals surface area contributed by atoms with Gasteiger partial charge in [0.05, 0.1) is 4.90 Å². The topological polar surface area (TPSA) is 92.5 Å². The van der Waals surface area contributed by atoms with Gasteiger partial charge < -0.3 is 11.1 Å². The number of sulfonamides is 1. The van der Waals surface area contributed by atoms with Gasteiger partial charge in [-0.2, -0.15) is 4.31 Å². The maximum atomic E-state index is 12.4. The maximum Gasteiger partial charge on any atom is 0.243 e. The molecule has 1 amide bonds. The molecule has 1 heterocycles. The van der Waals surface area contributed by atoms with Crippen molar-refractivity contribution in [3.8, 4) is 0 Å². The minimum atomic E-state index is -3.37. The molecule has 1 unspecified atom stereocenters. The molecule has 2 rings (SSSR count). The van der Waals surface area contributed by atoms with Crippen molar-refractivity contribution in [2.75, 3.05) is 26.2 Å². The number of nitrogens with two attached hydrogens (primary N) is 1. The van der Waals surface area contributed by atoms with E-state index in [4.69, 9.17) is 5.73 Å². The third-order valence-corrected chi connectivity index (χ3v) is 6.23. The fourth-order valence-electron chi connectivity index (χ4n) is 2.62. The van der Waals surface area contributed by atoms with E-state index in [1.165, 1.54) is 4.31 Å². The van der Waals surface area contributed by atoms with Crippen molar-refractivity contribution in [1.82, 2.24) is 9.62 Å². The van der Waals surface area contributed by atoms with Crippen LogP contribution in [0, 0.1) is 5.92 Å². The molecule has 0 saturated carbocycles. The van der Waals surface area contributed by atoms with Gasteiger partial charge in [0, 0.05) is 26.1 Å². The van der Waals surface area contributed by atoms with E-state index < -0.39 is 10.0 Å². The molecule has 0 radical (unpaired) electrons. The van der Waals surface area contributed by atoms with Gasteiger partial charge in [0.25, 0.3) is 0 Å². The van der Waals surface area contributed by atoms with Crippen LogP contribution in [-0.2, 0) is 21.2 Å². The number of nitrogens with one attached hydrogen (secondary N) is 1. The van der Waals surface area contributed by atoms with E-state index in [0.29, 0.717) is 43.9 Å². The van der Waals surface area contributed by atoms with Crippen LogP contribution in [0.3, 0.4) is 0 Å². The van der Waals surface area contributed by atoms with Crippen molar-refractivity contribution < 1.29 is 13.2 Å². The quantitative estimate of drug-likeness (QED) is 0.732. The SMILES string of the molecule is CC(CN)CNC(=O)CCc1ccc(S(=O)(=O)N2CCCC2)cc1. The highest BCUT2D eigenvalue weighted by Gasteiger charge is 2.26. The zero-order valence-corrected chi connectivity index (χ0v) is 15.0. The molecule has 1 aromatic rings. The molecule has 3 N–H and O–H groups in total. The number of rotatable bonds is 8. The Balaban J connectivity index is 1.87. The summed E-state index contributed by atoms with van der Waals surface area (Å²) < 4.78 is 26.4. The molecule has 6 nitrogen and oxygen atoms in total. The Morgan fingerprint density at radius 1 is 1.25 bits per heavy atom. The summed E-state index contributed by atoms with van der Waals surface area (Å²) in [5.41, 5.74) is 6.47. The van der Waals surface area contributed by atoms with E-state index in [2.05, 4.69) is 5.32 Å². The minimum Gasteiger partial charge on any atom is -0.356 e. The van der Waals surface area contributed by atoms with E-state index in [1.54, 1.807) is 24.3 Å². The van der Waals surface area contributed by atoms with Crippen LogP contribution in [0.1, 0.15) is 31.7 Å². The lowest BCUT2D eigenvalue weighted by Gasteiger charge is -2.15. The van der Waals surface area contributed by atoms with Gasteiger partial charge in [-0.25, -0.2) is 8.42 Å². The van der Waals surface area contributed by atoms with E-state index in [1.807, 2.05) is 6.92 Å². The lowest BCUT2D eigenvalue weighted by molar-refractivity contribution is -0.121. The zero-order chi connectivity index (χ0) is 17.6. The predicted molar refractivity (Wildman–Crippen MR) is 94.0 cm³/mol. The van der Waals surface area contributed by atoms with E-state index >= 15 is 0 Å². The van der Waals surface area contributed by atoms with Crippen molar-refractivity contribution >= 4 is 15.9 Å². The highest BCUT2D eigenvalue weighted by molar-refractivity contribution is 7.89. The molecular formula is C17H27N3O3S. The second-order valence-corrected chi connectivity index (χ2v) is 8.34. The third kappa shape index (κ3) is 5.03. The second-order valence-electron chi connectivity index (χ2n) is 6.40. The number of nitrogens with zero attached hydrogens (tertiary/aromatic N) is 1. The number of benzene rings is 1. The van der Waals surface area contributed by atoms with Crippen LogP contribution in [0.2, 0.25) is 0 Å². The number of hydrogen-bond donors (Lipinski definition) is 2. The first-order valence-electron chi connectivity index (χ1n) is 8.49. The summed E-state index contributed by atoms with van der Waals surface area (Å²) in [5.74, 6) is 0.257. The molecule has 7 heteroatoms. The van der Waals surface area contributed by atoms with Gasteiger partial charge in [0.15, 0.2) is 0 Å². The number of carbonyl (C=O) groups is 1. The molecule has 24 heavy (non-hydrogen) atoms. The van der Waals surface area contributed by atoms with Gasteiger partial charge in [-0.1, -0.05) is 19.1 Å². The van der Waals surface area contributed by atoms with E-state index in [9.17, 15) is 13.2 Å². The summed E-state index contributed by atoms with van der Waals surface area (Å²) in [7, 11) is -3.37. The molecule has 134 valence electrons. The standard InChI is InChI=1S/C17H27N3O3S/c1-14(12-18)13-19-17(21)9-6-15-4-7-16(8-5-15)24(22,23)20-10-2-3-11-20/h4-5,7-8,14H,2-3,6,9-13,18H2,1H3,(H,19,21). The largest absolute Gasteiger partial charge is 0.356 e. The normalized spacial score (nSPS) is 16.9. The van der Waals surface area contributed by atoms with Crippen LogP contribution in [0.25, 0.3) is 0 Å².